The minimum atomic E-state index is 0.0709. The summed E-state index contributed by atoms with van der Waals surface area (Å²) in [5.41, 5.74) is 6.97. The number of carbonyl (C=O) groups is 1. The molecule has 17 heavy (non-hydrogen) atoms. The predicted molar refractivity (Wildman–Crippen MR) is 65.2 cm³/mol. The van der Waals surface area contributed by atoms with Gasteiger partial charge in [0, 0.05) is 24.2 Å². The lowest BCUT2D eigenvalue weighted by molar-refractivity contribution is -0.119. The van der Waals surface area contributed by atoms with Crippen LogP contribution in [0, 0.1) is 0 Å². The Morgan fingerprint density at radius 2 is 2.00 bits per heavy atom. The Kier molecular flexibility index (Phi) is 3.27. The quantitative estimate of drug-likeness (QED) is 0.350. The zero-order chi connectivity index (χ0) is 12.3. The third kappa shape index (κ3) is 2.38. The minimum absolute atomic E-state index is 0.0709. The van der Waals surface area contributed by atoms with Crippen LogP contribution in [0.3, 0.4) is 0 Å². The molecule has 5 heteroatoms. The Morgan fingerprint density at radius 3 is 2.59 bits per heavy atom. The normalized spacial score (nSPS) is 17.3. The van der Waals surface area contributed by atoms with E-state index in [1.54, 1.807) is 17.0 Å². The smallest absolute Gasteiger partial charge is 0.226 e. The SMILES string of the molecule is NC(=NO)c1ccc(N2CCCCC2=O)cc1. The summed E-state index contributed by atoms with van der Waals surface area (Å²) in [5.74, 6) is 0.231. The molecule has 0 atom stereocenters. The van der Waals surface area contributed by atoms with Gasteiger partial charge in [0.25, 0.3) is 0 Å². The van der Waals surface area contributed by atoms with Gasteiger partial charge in [-0.25, -0.2) is 0 Å². The van der Waals surface area contributed by atoms with Crippen LogP contribution in [0.2, 0.25) is 0 Å². The summed E-state index contributed by atoms with van der Waals surface area (Å²) in [6.45, 7) is 0.766. The molecule has 1 fully saturated rings. The number of nitrogens with zero attached hydrogens (tertiary/aromatic N) is 2. The van der Waals surface area contributed by atoms with E-state index in [1.165, 1.54) is 0 Å². The van der Waals surface area contributed by atoms with E-state index < -0.39 is 0 Å². The van der Waals surface area contributed by atoms with Gasteiger partial charge in [0.05, 0.1) is 0 Å². The van der Waals surface area contributed by atoms with Crippen molar-refractivity contribution < 1.29 is 10.0 Å². The monoisotopic (exact) mass is 233 g/mol. The number of hydrogen-bond acceptors (Lipinski definition) is 3. The van der Waals surface area contributed by atoms with Gasteiger partial charge in [-0.15, -0.1) is 0 Å². The van der Waals surface area contributed by atoms with Crippen molar-refractivity contribution in [3.8, 4) is 0 Å². The Balaban J connectivity index is 2.20. The van der Waals surface area contributed by atoms with Crippen molar-refractivity contribution in [1.82, 2.24) is 0 Å². The van der Waals surface area contributed by atoms with Crippen molar-refractivity contribution in [2.24, 2.45) is 10.9 Å². The fraction of sp³-hybridized carbons (Fsp3) is 0.333. The maximum Gasteiger partial charge on any atom is 0.226 e. The Labute approximate surface area is 99.5 Å². The van der Waals surface area contributed by atoms with Crippen molar-refractivity contribution >= 4 is 17.4 Å². The molecule has 3 N–H and O–H groups in total. The number of rotatable bonds is 2. The molecule has 0 saturated carbocycles. The summed E-state index contributed by atoms with van der Waals surface area (Å²) in [6.07, 6.45) is 2.62. The lowest BCUT2D eigenvalue weighted by Gasteiger charge is -2.26. The van der Waals surface area contributed by atoms with E-state index in [9.17, 15) is 4.79 Å². The highest BCUT2D eigenvalue weighted by atomic mass is 16.4. The van der Waals surface area contributed by atoms with Gasteiger partial charge in [-0.1, -0.05) is 5.16 Å². The lowest BCUT2D eigenvalue weighted by atomic mass is 10.1. The van der Waals surface area contributed by atoms with Gasteiger partial charge in [0.2, 0.25) is 5.91 Å². The summed E-state index contributed by atoms with van der Waals surface area (Å²) in [6, 6.07) is 7.12. The van der Waals surface area contributed by atoms with Gasteiger partial charge in [0.15, 0.2) is 5.84 Å². The topological polar surface area (TPSA) is 78.9 Å². The van der Waals surface area contributed by atoms with Crippen LogP contribution in [0.5, 0.6) is 0 Å². The third-order valence-electron chi connectivity index (χ3n) is 2.91. The van der Waals surface area contributed by atoms with Gasteiger partial charge < -0.3 is 15.8 Å². The number of amides is 1. The number of anilines is 1. The molecule has 0 radical (unpaired) electrons. The highest BCUT2D eigenvalue weighted by Gasteiger charge is 2.19. The summed E-state index contributed by atoms with van der Waals surface area (Å²) in [5, 5.41) is 11.5. The molecule has 0 bridgehead atoms. The molecular weight excluding hydrogens is 218 g/mol. The molecule has 0 aromatic heterocycles. The second-order valence-electron chi connectivity index (χ2n) is 4.03. The third-order valence-corrected chi connectivity index (χ3v) is 2.91. The molecule has 0 unspecified atom stereocenters. The van der Waals surface area contributed by atoms with E-state index in [-0.39, 0.29) is 11.7 Å². The van der Waals surface area contributed by atoms with E-state index in [4.69, 9.17) is 10.9 Å². The number of nitrogens with two attached hydrogens (primary N) is 1. The number of piperidine rings is 1. The number of hydrogen-bond donors (Lipinski definition) is 2. The number of oxime groups is 1. The lowest BCUT2D eigenvalue weighted by Crippen LogP contribution is -2.35. The van der Waals surface area contributed by atoms with Crippen LogP contribution in [0.25, 0.3) is 0 Å². The first-order valence-corrected chi connectivity index (χ1v) is 5.60. The number of amidine groups is 1. The first-order valence-electron chi connectivity index (χ1n) is 5.60. The van der Waals surface area contributed by atoms with Crippen LogP contribution in [-0.2, 0) is 4.79 Å². The highest BCUT2D eigenvalue weighted by molar-refractivity contribution is 5.98. The average molecular weight is 233 g/mol. The summed E-state index contributed by atoms with van der Waals surface area (Å²) in [7, 11) is 0. The molecule has 1 aliphatic rings. The fourth-order valence-electron chi connectivity index (χ4n) is 1.95. The van der Waals surface area contributed by atoms with Crippen molar-refractivity contribution in [3.05, 3.63) is 29.8 Å². The molecule has 1 aromatic rings. The first kappa shape index (κ1) is 11.4. The highest BCUT2D eigenvalue weighted by Crippen LogP contribution is 2.21. The van der Waals surface area contributed by atoms with E-state index in [2.05, 4.69) is 5.16 Å². The number of carbonyl (C=O) groups excluding carboxylic acids is 1. The second-order valence-corrected chi connectivity index (χ2v) is 4.03. The Bertz CT molecular complexity index is 440. The molecule has 90 valence electrons. The van der Waals surface area contributed by atoms with Gasteiger partial charge in [-0.3, -0.25) is 4.79 Å². The molecule has 1 amide bonds. The maximum absolute atomic E-state index is 11.7. The van der Waals surface area contributed by atoms with Crippen molar-refractivity contribution in [1.29, 1.82) is 0 Å². The van der Waals surface area contributed by atoms with E-state index in [0.717, 1.165) is 25.1 Å². The Morgan fingerprint density at radius 1 is 1.29 bits per heavy atom. The predicted octanol–water partition coefficient (Wildman–Crippen LogP) is 1.30. The molecule has 0 spiro atoms. The largest absolute Gasteiger partial charge is 0.409 e. The van der Waals surface area contributed by atoms with Crippen molar-refractivity contribution in [2.75, 3.05) is 11.4 Å². The van der Waals surface area contributed by atoms with Crippen LogP contribution in [0.1, 0.15) is 24.8 Å². The zero-order valence-electron chi connectivity index (χ0n) is 9.47. The summed E-state index contributed by atoms with van der Waals surface area (Å²) >= 11 is 0. The molecule has 0 aliphatic carbocycles. The molecule has 2 rings (SSSR count). The van der Waals surface area contributed by atoms with Gasteiger partial charge in [-0.2, -0.15) is 0 Å². The number of benzene rings is 1. The zero-order valence-corrected chi connectivity index (χ0v) is 9.47. The van der Waals surface area contributed by atoms with Crippen molar-refractivity contribution in [2.45, 2.75) is 19.3 Å². The van der Waals surface area contributed by atoms with Gasteiger partial charge in [0.1, 0.15) is 0 Å². The average Bonchev–Trinajstić information content (AvgIpc) is 2.39. The van der Waals surface area contributed by atoms with Crippen LogP contribution in [0.15, 0.2) is 29.4 Å². The first-order chi connectivity index (χ1) is 8.22. The van der Waals surface area contributed by atoms with E-state index in [1.807, 2.05) is 12.1 Å². The molecule has 1 saturated heterocycles. The Hall–Kier alpha value is -2.04. The van der Waals surface area contributed by atoms with Crippen LogP contribution in [0.4, 0.5) is 5.69 Å². The van der Waals surface area contributed by atoms with Crippen LogP contribution < -0.4 is 10.6 Å². The van der Waals surface area contributed by atoms with Gasteiger partial charge in [-0.05, 0) is 37.1 Å². The van der Waals surface area contributed by atoms with E-state index >= 15 is 0 Å². The van der Waals surface area contributed by atoms with Gasteiger partial charge >= 0.3 is 0 Å². The van der Waals surface area contributed by atoms with Crippen molar-refractivity contribution in [3.63, 3.8) is 0 Å². The molecule has 1 aliphatic heterocycles. The maximum atomic E-state index is 11.7. The molecule has 1 heterocycles. The molecule has 1 aromatic carbocycles. The fourth-order valence-corrected chi connectivity index (χ4v) is 1.95. The standard InChI is InChI=1S/C12H15N3O2/c13-12(14-17)9-4-6-10(7-5-9)15-8-2-1-3-11(15)16/h4-7,17H,1-3,8H2,(H2,13,14). The van der Waals surface area contributed by atoms with Crippen LogP contribution >= 0.6 is 0 Å². The summed E-state index contributed by atoms with van der Waals surface area (Å²) < 4.78 is 0. The second kappa shape index (κ2) is 4.86. The summed E-state index contributed by atoms with van der Waals surface area (Å²) in [4.78, 5) is 13.5. The van der Waals surface area contributed by atoms with E-state index in [0.29, 0.717) is 12.0 Å². The molecule has 5 nitrogen and oxygen atoms in total. The molecular formula is C12H15N3O2. The minimum Gasteiger partial charge on any atom is -0.409 e. The van der Waals surface area contributed by atoms with Crippen LogP contribution in [-0.4, -0.2) is 23.5 Å².